The largest absolute Gasteiger partial charge is 0.337 e. The van der Waals surface area contributed by atoms with E-state index in [-0.39, 0.29) is 17.4 Å². The zero-order chi connectivity index (χ0) is 21.4. The van der Waals surface area contributed by atoms with E-state index < -0.39 is 17.1 Å². The van der Waals surface area contributed by atoms with Crippen molar-refractivity contribution in [2.24, 2.45) is 7.05 Å². The van der Waals surface area contributed by atoms with Gasteiger partial charge in [-0.25, -0.2) is 18.7 Å². The molecule has 150 valence electrons. The number of pyridine rings is 1. The lowest BCUT2D eigenvalue weighted by molar-refractivity contribution is 0.554. The molecule has 0 aliphatic heterocycles. The van der Waals surface area contributed by atoms with Gasteiger partial charge < -0.3 is 0 Å². The Morgan fingerprint density at radius 2 is 1.77 bits per heavy atom. The van der Waals surface area contributed by atoms with Crippen LogP contribution in [0, 0.1) is 17.7 Å². The summed E-state index contributed by atoms with van der Waals surface area (Å²) in [5.41, 5.74) is 0.173. The van der Waals surface area contributed by atoms with Crippen molar-refractivity contribution in [1.29, 1.82) is 0 Å². The van der Waals surface area contributed by atoms with Crippen LogP contribution in [0.25, 0.3) is 16.9 Å². The molecule has 0 bridgehead atoms. The maximum Gasteiger partial charge on any atom is 0.337 e. The first-order chi connectivity index (χ1) is 14.4. The van der Waals surface area contributed by atoms with E-state index in [2.05, 4.69) is 21.9 Å². The molecule has 0 saturated heterocycles. The lowest BCUT2D eigenvalue weighted by Crippen LogP contribution is -2.40. The van der Waals surface area contributed by atoms with Crippen molar-refractivity contribution in [3.63, 3.8) is 0 Å². The van der Waals surface area contributed by atoms with Gasteiger partial charge in [0, 0.05) is 36.6 Å². The number of aromatic nitrogens is 5. The fourth-order valence-corrected chi connectivity index (χ4v) is 3.22. The molecular formula is C22H18FN5O2. The van der Waals surface area contributed by atoms with Gasteiger partial charge in [0.1, 0.15) is 0 Å². The van der Waals surface area contributed by atoms with Crippen LogP contribution in [0.4, 0.5) is 4.39 Å². The molecule has 0 N–H and O–H groups in total. The second-order valence-electron chi connectivity index (χ2n) is 7.07. The SMILES string of the molecule is CC(C)n1c(=O)n(-c2ncc(C#Cc3ccccc3)cc2F)c(=O)c2nn(C)cc21. The van der Waals surface area contributed by atoms with Crippen LogP contribution in [0.15, 0.2) is 58.4 Å². The predicted octanol–water partition coefficient (Wildman–Crippen LogP) is 2.40. The molecule has 0 aliphatic rings. The van der Waals surface area contributed by atoms with E-state index >= 15 is 0 Å². The first kappa shape index (κ1) is 19.3. The summed E-state index contributed by atoms with van der Waals surface area (Å²) in [4.78, 5) is 30.0. The lowest BCUT2D eigenvalue weighted by Gasteiger charge is -2.14. The van der Waals surface area contributed by atoms with E-state index in [4.69, 9.17) is 0 Å². The van der Waals surface area contributed by atoms with Crippen LogP contribution in [0.1, 0.15) is 31.0 Å². The highest BCUT2D eigenvalue weighted by Crippen LogP contribution is 2.14. The molecule has 0 spiro atoms. The van der Waals surface area contributed by atoms with Crippen LogP contribution in [-0.2, 0) is 7.05 Å². The van der Waals surface area contributed by atoms with Gasteiger partial charge in [0.25, 0.3) is 5.56 Å². The Kier molecular flexibility index (Phi) is 4.80. The fraction of sp³-hybridized carbons (Fsp3) is 0.182. The second kappa shape index (κ2) is 7.44. The van der Waals surface area contributed by atoms with Crippen LogP contribution in [0.2, 0.25) is 0 Å². The highest BCUT2D eigenvalue weighted by Gasteiger charge is 2.21. The van der Waals surface area contributed by atoms with Gasteiger partial charge in [0.05, 0.1) is 5.52 Å². The Bertz CT molecular complexity index is 1440. The molecule has 4 rings (SSSR count). The van der Waals surface area contributed by atoms with Gasteiger partial charge in [-0.2, -0.15) is 5.10 Å². The summed E-state index contributed by atoms with van der Waals surface area (Å²) < 4.78 is 18.5. The van der Waals surface area contributed by atoms with E-state index in [1.54, 1.807) is 27.1 Å². The zero-order valence-electron chi connectivity index (χ0n) is 16.6. The van der Waals surface area contributed by atoms with Crippen molar-refractivity contribution in [1.82, 2.24) is 23.9 Å². The third-order valence-corrected chi connectivity index (χ3v) is 4.55. The van der Waals surface area contributed by atoms with Crippen LogP contribution in [0.5, 0.6) is 0 Å². The van der Waals surface area contributed by atoms with Gasteiger partial charge in [-0.3, -0.25) is 14.0 Å². The fourth-order valence-electron chi connectivity index (χ4n) is 3.22. The van der Waals surface area contributed by atoms with E-state index in [1.807, 2.05) is 30.3 Å². The Morgan fingerprint density at radius 1 is 1.07 bits per heavy atom. The molecule has 30 heavy (non-hydrogen) atoms. The van der Waals surface area contributed by atoms with Crippen LogP contribution in [0.3, 0.4) is 0 Å². The maximum atomic E-state index is 14.9. The average molecular weight is 403 g/mol. The Hall–Kier alpha value is -3.99. The summed E-state index contributed by atoms with van der Waals surface area (Å²) in [6, 6.07) is 10.1. The number of halogens is 1. The summed E-state index contributed by atoms with van der Waals surface area (Å²) in [5, 5.41) is 4.14. The van der Waals surface area contributed by atoms with Crippen molar-refractivity contribution in [3.8, 4) is 17.7 Å². The minimum Gasteiger partial charge on any atom is -0.287 e. The first-order valence-electron chi connectivity index (χ1n) is 9.30. The molecule has 1 aromatic carbocycles. The van der Waals surface area contributed by atoms with E-state index in [1.165, 1.54) is 15.4 Å². The Labute approximate surface area is 171 Å². The van der Waals surface area contributed by atoms with Gasteiger partial charge in [-0.05, 0) is 32.0 Å². The molecule has 0 aliphatic carbocycles. The van der Waals surface area contributed by atoms with Gasteiger partial charge >= 0.3 is 5.69 Å². The summed E-state index contributed by atoms with van der Waals surface area (Å²) in [6.07, 6.45) is 2.93. The van der Waals surface area contributed by atoms with Gasteiger partial charge in [-0.15, -0.1) is 0 Å². The van der Waals surface area contributed by atoms with Crippen molar-refractivity contribution in [3.05, 3.63) is 86.6 Å². The molecule has 0 saturated carbocycles. The zero-order valence-corrected chi connectivity index (χ0v) is 16.6. The number of rotatable bonds is 2. The first-order valence-corrected chi connectivity index (χ1v) is 9.30. The van der Waals surface area contributed by atoms with E-state index in [0.717, 1.165) is 16.2 Å². The molecule has 0 atom stereocenters. The third kappa shape index (κ3) is 3.31. The van der Waals surface area contributed by atoms with Crippen LogP contribution >= 0.6 is 0 Å². The maximum absolute atomic E-state index is 14.9. The monoisotopic (exact) mass is 403 g/mol. The van der Waals surface area contributed by atoms with Crippen molar-refractivity contribution in [2.75, 3.05) is 0 Å². The summed E-state index contributed by atoms with van der Waals surface area (Å²) in [7, 11) is 1.65. The van der Waals surface area contributed by atoms with Crippen LogP contribution < -0.4 is 11.2 Å². The number of hydrogen-bond donors (Lipinski definition) is 0. The average Bonchev–Trinajstić information content (AvgIpc) is 3.09. The Balaban J connectivity index is 1.88. The highest BCUT2D eigenvalue weighted by atomic mass is 19.1. The van der Waals surface area contributed by atoms with E-state index in [9.17, 15) is 14.0 Å². The van der Waals surface area contributed by atoms with Gasteiger partial charge in [-0.1, -0.05) is 30.0 Å². The molecule has 3 heterocycles. The molecule has 8 heteroatoms. The minimum atomic E-state index is -0.820. The van der Waals surface area contributed by atoms with Crippen molar-refractivity contribution in [2.45, 2.75) is 19.9 Å². The van der Waals surface area contributed by atoms with Crippen molar-refractivity contribution >= 4 is 11.0 Å². The smallest absolute Gasteiger partial charge is 0.287 e. The Morgan fingerprint density at radius 3 is 2.43 bits per heavy atom. The highest BCUT2D eigenvalue weighted by molar-refractivity contribution is 5.73. The second-order valence-corrected chi connectivity index (χ2v) is 7.07. The number of fused-ring (bicyclic) bond motifs is 1. The molecule has 3 aromatic heterocycles. The standard InChI is InChI=1S/C22H18FN5O2/c1-14(2)27-18-13-26(3)25-19(18)21(29)28(22(27)30)20-17(23)11-16(12-24-20)10-9-15-7-5-4-6-8-15/h4-8,11-14H,1-3H3. The minimum absolute atomic E-state index is 0.0694. The number of hydrogen-bond acceptors (Lipinski definition) is 4. The molecule has 0 amide bonds. The molecule has 0 unspecified atom stereocenters. The van der Waals surface area contributed by atoms with Crippen molar-refractivity contribution < 1.29 is 4.39 Å². The van der Waals surface area contributed by atoms with Gasteiger partial charge in [0.2, 0.25) is 0 Å². The molecule has 0 fully saturated rings. The number of nitrogens with zero attached hydrogens (tertiary/aromatic N) is 5. The molecule has 7 nitrogen and oxygen atoms in total. The molecular weight excluding hydrogens is 385 g/mol. The summed E-state index contributed by atoms with van der Waals surface area (Å²) in [5.74, 6) is 4.55. The topological polar surface area (TPSA) is 74.7 Å². The number of benzene rings is 1. The molecule has 4 aromatic rings. The van der Waals surface area contributed by atoms with Crippen LogP contribution in [-0.4, -0.2) is 23.9 Å². The summed E-state index contributed by atoms with van der Waals surface area (Å²) in [6.45, 7) is 3.60. The quantitative estimate of drug-likeness (QED) is 0.482. The summed E-state index contributed by atoms with van der Waals surface area (Å²) >= 11 is 0. The normalized spacial score (nSPS) is 11.0. The lowest BCUT2D eigenvalue weighted by atomic mass is 10.2. The number of aryl methyl sites for hydroxylation is 1. The molecule has 0 radical (unpaired) electrons. The van der Waals surface area contributed by atoms with Gasteiger partial charge in [0.15, 0.2) is 17.2 Å². The third-order valence-electron chi connectivity index (χ3n) is 4.55. The van der Waals surface area contributed by atoms with E-state index in [0.29, 0.717) is 11.1 Å². The predicted molar refractivity (Wildman–Crippen MR) is 111 cm³/mol.